The Kier molecular flexibility index (Phi) is 14.9. The molecule has 5 aromatic rings. The minimum absolute atomic E-state index is 0.00577. The molecular weight excluding hydrogens is 801 g/mol. The average Bonchev–Trinajstić information content (AvgIpc) is 3.81. The number of pyridine rings is 2. The van der Waals surface area contributed by atoms with Crippen LogP contribution in [0.25, 0.3) is 11.0 Å². The van der Waals surface area contributed by atoms with Crippen molar-refractivity contribution in [2.45, 2.75) is 84.6 Å². The number of Topliss-reactive ketones (excluding diaryl/α,β-unsaturated/α-hetero) is 1. The number of ketones is 1. The first-order chi connectivity index (χ1) is 30.6. The van der Waals surface area contributed by atoms with E-state index in [2.05, 4.69) is 51.2 Å². The summed E-state index contributed by atoms with van der Waals surface area (Å²) in [5.41, 5.74) is 4.45. The van der Waals surface area contributed by atoms with Gasteiger partial charge in [0.05, 0.1) is 31.1 Å². The highest BCUT2D eigenvalue weighted by atomic mass is 16.5. The van der Waals surface area contributed by atoms with Gasteiger partial charge in [0.1, 0.15) is 11.5 Å². The molecule has 7 rings (SSSR count). The van der Waals surface area contributed by atoms with Gasteiger partial charge in [-0.1, -0.05) is 38.2 Å². The van der Waals surface area contributed by atoms with Crippen LogP contribution in [0.2, 0.25) is 0 Å². The van der Waals surface area contributed by atoms with Crippen LogP contribution in [0.3, 0.4) is 0 Å². The van der Waals surface area contributed by atoms with Crippen LogP contribution < -0.4 is 36.5 Å². The standard InChI is InChI=1S/C46H58N12O5/c1-30-35(44(61)51-39-19-20-41(63-4)55-54-39)15-12-16-37(30)47-21-10-6-5-7-11-22-48-40(60)29-56-23-25-57(26-24-56)34-17-18-38(49-27-34)52-46-50-28-36-31(2)42(32(3)59)45(62)58(43(36)53-46)33-13-8-9-14-33/h12,15-20,27-28,33,47H,5-11,13-14,21-26,29H2,1-4H3,(H,48,60)(H,51,54,61)(H,49,50,52,53). The van der Waals surface area contributed by atoms with E-state index in [1.165, 1.54) is 14.0 Å². The molecule has 0 spiro atoms. The van der Waals surface area contributed by atoms with Crippen molar-refractivity contribution < 1.29 is 19.1 Å². The number of aryl methyl sites for hydroxylation is 1. The van der Waals surface area contributed by atoms with Gasteiger partial charge < -0.3 is 30.9 Å². The summed E-state index contributed by atoms with van der Waals surface area (Å²) in [6.07, 6.45) is 12.5. The van der Waals surface area contributed by atoms with E-state index >= 15 is 0 Å². The number of methoxy groups -OCH3 is 1. The molecule has 4 N–H and O–H groups in total. The molecule has 0 atom stereocenters. The van der Waals surface area contributed by atoms with Gasteiger partial charge >= 0.3 is 0 Å². The first-order valence-electron chi connectivity index (χ1n) is 22.0. The fourth-order valence-corrected chi connectivity index (χ4v) is 8.48. The Bertz CT molecular complexity index is 2440. The lowest BCUT2D eigenvalue weighted by atomic mass is 10.0. The number of nitrogens with zero attached hydrogens (tertiary/aromatic N) is 8. The molecule has 1 aliphatic carbocycles. The Morgan fingerprint density at radius 1 is 0.825 bits per heavy atom. The van der Waals surface area contributed by atoms with E-state index in [9.17, 15) is 19.2 Å². The van der Waals surface area contributed by atoms with Crippen molar-refractivity contribution in [1.29, 1.82) is 0 Å². The van der Waals surface area contributed by atoms with Gasteiger partial charge in [-0.15, -0.1) is 10.2 Å². The van der Waals surface area contributed by atoms with Crippen molar-refractivity contribution in [1.82, 2.24) is 39.9 Å². The van der Waals surface area contributed by atoms with Crippen molar-refractivity contribution in [3.8, 4) is 5.88 Å². The molecule has 63 heavy (non-hydrogen) atoms. The molecule has 17 heteroatoms. The molecule has 2 fully saturated rings. The van der Waals surface area contributed by atoms with E-state index in [1.54, 1.807) is 35.9 Å². The van der Waals surface area contributed by atoms with Crippen molar-refractivity contribution in [2.24, 2.45) is 0 Å². The van der Waals surface area contributed by atoms with E-state index in [1.807, 2.05) is 37.4 Å². The number of fused-ring (bicyclic) bond motifs is 1. The van der Waals surface area contributed by atoms with Crippen molar-refractivity contribution in [2.75, 3.05) is 73.8 Å². The second-order valence-electron chi connectivity index (χ2n) is 16.3. The summed E-state index contributed by atoms with van der Waals surface area (Å²) < 4.78 is 6.73. The van der Waals surface area contributed by atoms with Crippen LogP contribution in [0.15, 0.2) is 59.7 Å². The quantitative estimate of drug-likeness (QED) is 0.0539. The summed E-state index contributed by atoms with van der Waals surface area (Å²) in [6, 6.07) is 12.8. The van der Waals surface area contributed by atoms with E-state index in [-0.39, 0.29) is 34.8 Å². The molecule has 1 aromatic carbocycles. The smallest absolute Gasteiger partial charge is 0.263 e. The number of rotatable bonds is 19. The molecule has 1 saturated heterocycles. The van der Waals surface area contributed by atoms with Crippen LogP contribution in [-0.2, 0) is 4.79 Å². The number of carbonyl (C=O) groups is 3. The van der Waals surface area contributed by atoms with Gasteiger partial charge in [0.15, 0.2) is 11.6 Å². The van der Waals surface area contributed by atoms with E-state index in [0.29, 0.717) is 58.7 Å². The van der Waals surface area contributed by atoms with Gasteiger partial charge in [0.25, 0.3) is 11.5 Å². The van der Waals surface area contributed by atoms with E-state index < -0.39 is 0 Å². The summed E-state index contributed by atoms with van der Waals surface area (Å²) >= 11 is 0. The Hall–Kier alpha value is -6.49. The monoisotopic (exact) mass is 858 g/mol. The second kappa shape index (κ2) is 21.1. The lowest BCUT2D eigenvalue weighted by molar-refractivity contribution is -0.122. The van der Waals surface area contributed by atoms with Gasteiger partial charge in [0, 0.05) is 74.2 Å². The van der Waals surface area contributed by atoms with Gasteiger partial charge in [-0.25, -0.2) is 9.97 Å². The summed E-state index contributed by atoms with van der Waals surface area (Å²) in [5, 5.41) is 21.1. The SMILES string of the molecule is COc1ccc(NC(=O)c2cccc(NCCCCCCCNC(=O)CN3CCN(c4ccc(Nc5ncc6c(C)c(C(C)=O)c(=O)n(C7CCCC7)c6n5)nc4)CC3)c2C)nn1. The van der Waals surface area contributed by atoms with Crippen LogP contribution >= 0.6 is 0 Å². The molecule has 4 aromatic heterocycles. The zero-order valence-electron chi connectivity index (χ0n) is 36.7. The second-order valence-corrected chi connectivity index (χ2v) is 16.3. The zero-order chi connectivity index (χ0) is 44.3. The lowest BCUT2D eigenvalue weighted by Crippen LogP contribution is -2.49. The predicted molar refractivity (Wildman–Crippen MR) is 245 cm³/mol. The van der Waals surface area contributed by atoms with Gasteiger partial charge in [0.2, 0.25) is 17.7 Å². The summed E-state index contributed by atoms with van der Waals surface area (Å²) in [6.45, 7) is 10.1. The lowest BCUT2D eigenvalue weighted by Gasteiger charge is -2.35. The third-order valence-corrected chi connectivity index (χ3v) is 12.0. The largest absolute Gasteiger partial charge is 0.480 e. The number of anilines is 5. The first-order valence-corrected chi connectivity index (χ1v) is 22.0. The Morgan fingerprint density at radius 3 is 2.27 bits per heavy atom. The molecule has 332 valence electrons. The third-order valence-electron chi connectivity index (χ3n) is 12.0. The van der Waals surface area contributed by atoms with Gasteiger partial charge in [-0.3, -0.25) is 28.6 Å². The van der Waals surface area contributed by atoms with Crippen LogP contribution in [0.5, 0.6) is 5.88 Å². The number of ether oxygens (including phenoxy) is 1. The molecule has 2 amide bonds. The molecule has 2 aliphatic rings. The maximum Gasteiger partial charge on any atom is 0.263 e. The van der Waals surface area contributed by atoms with Crippen molar-refractivity contribution in [3.05, 3.63) is 87.5 Å². The number of benzene rings is 1. The Morgan fingerprint density at radius 2 is 1.57 bits per heavy atom. The molecule has 0 bridgehead atoms. The number of piperazine rings is 1. The number of hydrogen-bond donors (Lipinski definition) is 4. The fraction of sp³-hybridized carbons (Fsp3) is 0.457. The highest BCUT2D eigenvalue weighted by molar-refractivity contribution is 6.05. The average molecular weight is 859 g/mol. The maximum absolute atomic E-state index is 13.6. The molecule has 5 heterocycles. The fourth-order valence-electron chi connectivity index (χ4n) is 8.48. The van der Waals surface area contributed by atoms with Crippen molar-refractivity contribution >= 4 is 57.6 Å². The van der Waals surface area contributed by atoms with E-state index in [0.717, 1.165) is 107 Å². The number of aromatic nitrogens is 6. The summed E-state index contributed by atoms with van der Waals surface area (Å²) in [4.78, 5) is 70.0. The summed E-state index contributed by atoms with van der Waals surface area (Å²) in [7, 11) is 1.51. The number of hydrogen-bond acceptors (Lipinski definition) is 14. The van der Waals surface area contributed by atoms with E-state index in [4.69, 9.17) is 9.72 Å². The van der Waals surface area contributed by atoms with Crippen LogP contribution in [0, 0.1) is 13.8 Å². The zero-order valence-corrected chi connectivity index (χ0v) is 36.7. The molecule has 1 saturated carbocycles. The molecular formula is C46H58N12O5. The van der Waals surface area contributed by atoms with Crippen LogP contribution in [0.1, 0.15) is 103 Å². The molecule has 17 nitrogen and oxygen atoms in total. The molecule has 1 aliphatic heterocycles. The number of nitrogens with one attached hydrogen (secondary N) is 4. The first kappa shape index (κ1) is 44.6. The normalized spacial score (nSPS) is 14.4. The summed E-state index contributed by atoms with van der Waals surface area (Å²) in [5.74, 6) is 1.21. The topological polar surface area (TPSA) is 201 Å². The Balaban J connectivity index is 0.778. The van der Waals surface area contributed by atoms with Crippen LogP contribution in [-0.4, -0.2) is 105 Å². The minimum atomic E-state index is -0.278. The van der Waals surface area contributed by atoms with Crippen LogP contribution in [0.4, 0.5) is 29.0 Å². The highest BCUT2D eigenvalue weighted by Gasteiger charge is 2.26. The highest BCUT2D eigenvalue weighted by Crippen LogP contribution is 2.32. The van der Waals surface area contributed by atoms with Gasteiger partial charge in [-0.2, -0.15) is 4.98 Å². The number of carbonyl (C=O) groups excluding carboxylic acids is 3. The molecule has 0 unspecified atom stereocenters. The predicted octanol–water partition coefficient (Wildman–Crippen LogP) is 6.22. The number of unbranched alkanes of at least 4 members (excludes halogenated alkanes) is 4. The minimum Gasteiger partial charge on any atom is -0.480 e. The molecule has 0 radical (unpaired) electrons. The van der Waals surface area contributed by atoms with Crippen molar-refractivity contribution in [3.63, 3.8) is 0 Å². The van der Waals surface area contributed by atoms with Gasteiger partial charge in [-0.05, 0) is 87.9 Å². The maximum atomic E-state index is 13.6. The Labute approximate surface area is 367 Å². The number of amides is 2. The third kappa shape index (κ3) is 11.1.